The van der Waals surface area contributed by atoms with Crippen LogP contribution in [-0.4, -0.2) is 31.4 Å². The van der Waals surface area contributed by atoms with E-state index in [2.05, 4.69) is 13.8 Å². The second-order valence-electron chi connectivity index (χ2n) is 5.48. The molecule has 0 aromatic rings. The smallest absolute Gasteiger partial charge is 0.0784 e. The van der Waals surface area contributed by atoms with Crippen LogP contribution in [0.25, 0.3) is 0 Å². The highest BCUT2D eigenvalue weighted by molar-refractivity contribution is 7.80. The molecule has 100 valence electrons. The van der Waals surface area contributed by atoms with Crippen LogP contribution in [0.1, 0.15) is 39.5 Å². The molecule has 1 saturated heterocycles. The Morgan fingerprint density at radius 1 is 1.41 bits per heavy atom. The van der Waals surface area contributed by atoms with Crippen LogP contribution in [0, 0.1) is 11.3 Å². The van der Waals surface area contributed by atoms with Gasteiger partial charge in [0.2, 0.25) is 0 Å². The number of hydrogen-bond acceptors (Lipinski definition) is 3. The Balaban J connectivity index is 2.02. The molecule has 0 unspecified atom stereocenters. The SMILES string of the molecule is CC(C)(CCCOCC1CCOCC1)C(N)=S. The molecule has 0 aliphatic carbocycles. The van der Waals surface area contributed by atoms with E-state index in [-0.39, 0.29) is 5.41 Å². The van der Waals surface area contributed by atoms with Crippen LogP contribution in [0.15, 0.2) is 0 Å². The second kappa shape index (κ2) is 7.29. The lowest BCUT2D eigenvalue weighted by molar-refractivity contribution is 0.0191. The monoisotopic (exact) mass is 259 g/mol. The highest BCUT2D eigenvalue weighted by Gasteiger charge is 2.20. The van der Waals surface area contributed by atoms with E-state index < -0.39 is 0 Å². The molecule has 1 aliphatic heterocycles. The van der Waals surface area contributed by atoms with Gasteiger partial charge in [0, 0.05) is 31.8 Å². The van der Waals surface area contributed by atoms with Gasteiger partial charge in [-0.1, -0.05) is 26.1 Å². The van der Waals surface area contributed by atoms with Gasteiger partial charge in [0.1, 0.15) is 0 Å². The molecule has 0 bridgehead atoms. The van der Waals surface area contributed by atoms with E-state index in [1.807, 2.05) is 0 Å². The Morgan fingerprint density at radius 2 is 2.06 bits per heavy atom. The van der Waals surface area contributed by atoms with Crippen molar-refractivity contribution in [2.75, 3.05) is 26.4 Å². The summed E-state index contributed by atoms with van der Waals surface area (Å²) in [5.41, 5.74) is 5.63. The lowest BCUT2D eigenvalue weighted by Crippen LogP contribution is -2.30. The summed E-state index contributed by atoms with van der Waals surface area (Å²) in [5.74, 6) is 0.687. The van der Waals surface area contributed by atoms with Gasteiger partial charge in [-0.05, 0) is 31.6 Å². The maximum absolute atomic E-state index is 5.71. The van der Waals surface area contributed by atoms with E-state index in [0.29, 0.717) is 10.9 Å². The van der Waals surface area contributed by atoms with Crippen molar-refractivity contribution >= 4 is 17.2 Å². The van der Waals surface area contributed by atoms with Crippen molar-refractivity contribution in [1.29, 1.82) is 0 Å². The van der Waals surface area contributed by atoms with Gasteiger partial charge in [-0.3, -0.25) is 0 Å². The topological polar surface area (TPSA) is 44.5 Å². The summed E-state index contributed by atoms with van der Waals surface area (Å²) in [6.07, 6.45) is 4.29. The first-order valence-electron chi connectivity index (χ1n) is 6.48. The summed E-state index contributed by atoms with van der Waals surface area (Å²) in [6, 6.07) is 0. The molecule has 1 fully saturated rings. The lowest BCUT2D eigenvalue weighted by atomic mass is 9.88. The van der Waals surface area contributed by atoms with Gasteiger partial charge in [0.25, 0.3) is 0 Å². The Kier molecular flexibility index (Phi) is 6.38. The Hall–Kier alpha value is -0.190. The molecule has 1 aliphatic rings. The van der Waals surface area contributed by atoms with Gasteiger partial charge < -0.3 is 15.2 Å². The van der Waals surface area contributed by atoms with Gasteiger partial charge in [-0.2, -0.15) is 0 Å². The average molecular weight is 259 g/mol. The molecule has 1 rings (SSSR count). The zero-order chi connectivity index (χ0) is 12.7. The predicted octanol–water partition coefficient (Wildman–Crippen LogP) is 2.52. The Labute approximate surface area is 110 Å². The molecule has 2 N–H and O–H groups in total. The van der Waals surface area contributed by atoms with Crippen molar-refractivity contribution in [3.05, 3.63) is 0 Å². The van der Waals surface area contributed by atoms with Gasteiger partial charge in [-0.15, -0.1) is 0 Å². The van der Waals surface area contributed by atoms with E-state index in [1.165, 1.54) is 0 Å². The van der Waals surface area contributed by atoms with Crippen LogP contribution >= 0.6 is 12.2 Å². The zero-order valence-corrected chi connectivity index (χ0v) is 11.9. The zero-order valence-electron chi connectivity index (χ0n) is 11.0. The summed E-state index contributed by atoms with van der Waals surface area (Å²) in [6.45, 7) is 7.65. The minimum Gasteiger partial charge on any atom is -0.393 e. The molecule has 0 aromatic heterocycles. The average Bonchev–Trinajstić information content (AvgIpc) is 2.29. The molecule has 0 spiro atoms. The highest BCUT2D eigenvalue weighted by Crippen LogP contribution is 2.22. The molecular weight excluding hydrogens is 234 g/mol. The van der Waals surface area contributed by atoms with Crippen molar-refractivity contribution in [1.82, 2.24) is 0 Å². The van der Waals surface area contributed by atoms with E-state index >= 15 is 0 Å². The van der Waals surface area contributed by atoms with Crippen molar-refractivity contribution in [2.45, 2.75) is 39.5 Å². The minimum absolute atomic E-state index is 0.0443. The number of rotatable bonds is 7. The Bertz CT molecular complexity index is 238. The summed E-state index contributed by atoms with van der Waals surface area (Å²) in [4.78, 5) is 0.599. The van der Waals surface area contributed by atoms with Gasteiger partial charge >= 0.3 is 0 Å². The van der Waals surface area contributed by atoms with E-state index in [0.717, 1.165) is 52.1 Å². The third-order valence-corrected chi connectivity index (χ3v) is 4.00. The number of thiocarbonyl (C=S) groups is 1. The predicted molar refractivity (Wildman–Crippen MR) is 74.2 cm³/mol. The molecule has 4 heteroatoms. The summed E-state index contributed by atoms with van der Waals surface area (Å²) >= 11 is 5.04. The van der Waals surface area contributed by atoms with Crippen molar-refractivity contribution in [2.24, 2.45) is 17.1 Å². The van der Waals surface area contributed by atoms with E-state index in [9.17, 15) is 0 Å². The highest BCUT2D eigenvalue weighted by atomic mass is 32.1. The molecule has 0 amide bonds. The van der Waals surface area contributed by atoms with Gasteiger partial charge in [-0.25, -0.2) is 0 Å². The van der Waals surface area contributed by atoms with Crippen LogP contribution in [0.2, 0.25) is 0 Å². The van der Waals surface area contributed by atoms with Crippen LogP contribution in [0.4, 0.5) is 0 Å². The molecule has 0 saturated carbocycles. The van der Waals surface area contributed by atoms with Crippen LogP contribution < -0.4 is 5.73 Å². The summed E-state index contributed by atoms with van der Waals surface area (Å²) in [5, 5.41) is 0. The molecular formula is C13H25NO2S. The van der Waals surface area contributed by atoms with Crippen LogP contribution in [0.5, 0.6) is 0 Å². The number of ether oxygens (including phenoxy) is 2. The molecule has 3 nitrogen and oxygen atoms in total. The number of hydrogen-bond donors (Lipinski definition) is 1. The third-order valence-electron chi connectivity index (χ3n) is 3.45. The summed E-state index contributed by atoms with van der Waals surface area (Å²) < 4.78 is 11.0. The molecule has 1 heterocycles. The summed E-state index contributed by atoms with van der Waals surface area (Å²) in [7, 11) is 0. The lowest BCUT2D eigenvalue weighted by Gasteiger charge is -2.24. The minimum atomic E-state index is -0.0443. The fourth-order valence-electron chi connectivity index (χ4n) is 1.90. The normalized spacial score (nSPS) is 18.2. The van der Waals surface area contributed by atoms with E-state index in [1.54, 1.807) is 0 Å². The maximum atomic E-state index is 5.71. The molecule has 0 atom stereocenters. The first kappa shape index (κ1) is 14.9. The second-order valence-corrected chi connectivity index (χ2v) is 5.92. The molecule has 0 aromatic carbocycles. The Morgan fingerprint density at radius 3 is 2.65 bits per heavy atom. The largest absolute Gasteiger partial charge is 0.393 e. The first-order chi connectivity index (χ1) is 8.02. The van der Waals surface area contributed by atoms with Gasteiger partial charge in [0.05, 0.1) is 4.99 Å². The molecule has 0 radical (unpaired) electrons. The van der Waals surface area contributed by atoms with Crippen molar-refractivity contribution < 1.29 is 9.47 Å². The fraction of sp³-hybridized carbons (Fsp3) is 0.923. The van der Waals surface area contributed by atoms with Gasteiger partial charge in [0.15, 0.2) is 0 Å². The van der Waals surface area contributed by atoms with Crippen molar-refractivity contribution in [3.63, 3.8) is 0 Å². The molecule has 17 heavy (non-hydrogen) atoms. The first-order valence-corrected chi connectivity index (χ1v) is 6.88. The number of nitrogens with two attached hydrogens (primary N) is 1. The quantitative estimate of drug-likeness (QED) is 0.563. The van der Waals surface area contributed by atoms with Crippen LogP contribution in [0.3, 0.4) is 0 Å². The van der Waals surface area contributed by atoms with Crippen LogP contribution in [-0.2, 0) is 9.47 Å². The fourth-order valence-corrected chi connectivity index (χ4v) is 2.00. The third kappa shape index (κ3) is 5.80. The van der Waals surface area contributed by atoms with E-state index in [4.69, 9.17) is 27.4 Å². The van der Waals surface area contributed by atoms with Crippen molar-refractivity contribution in [3.8, 4) is 0 Å². The standard InChI is InChI=1S/C13H25NO2S/c1-13(2,12(14)17)6-3-7-16-10-11-4-8-15-9-5-11/h11H,3-10H2,1-2H3,(H2,14,17). The maximum Gasteiger partial charge on any atom is 0.0784 e.